The van der Waals surface area contributed by atoms with Crippen LogP contribution >= 0.6 is 0 Å². The molecule has 0 aromatic heterocycles. The van der Waals surface area contributed by atoms with Crippen LogP contribution in [0.2, 0.25) is 0 Å². The van der Waals surface area contributed by atoms with Crippen molar-refractivity contribution in [2.45, 2.75) is 56.7 Å². The highest BCUT2D eigenvalue weighted by Gasteiger charge is 2.39. The molecule has 16 heavy (non-hydrogen) atoms. The number of ether oxygens (including phenoxy) is 1. The average molecular weight is 227 g/mol. The van der Waals surface area contributed by atoms with E-state index < -0.39 is 11.2 Å². The van der Waals surface area contributed by atoms with Crippen LogP contribution in [0.3, 0.4) is 0 Å². The lowest BCUT2D eigenvalue weighted by molar-refractivity contribution is -0.140. The third-order valence-electron chi connectivity index (χ3n) is 3.81. The van der Waals surface area contributed by atoms with Crippen molar-refractivity contribution in [2.24, 2.45) is 0 Å². The molecule has 1 amide bonds. The zero-order chi connectivity index (χ0) is 11.6. The number of hydrogen-bond acceptors (Lipinski definition) is 3. The molecule has 2 aliphatic rings. The lowest BCUT2D eigenvalue weighted by atomic mass is 9.99. The van der Waals surface area contributed by atoms with Gasteiger partial charge >= 0.3 is 0 Å². The summed E-state index contributed by atoms with van der Waals surface area (Å²) >= 11 is 0. The summed E-state index contributed by atoms with van der Waals surface area (Å²) < 4.78 is 5.46. The molecule has 4 heteroatoms. The predicted octanol–water partition coefficient (Wildman–Crippen LogP) is 0.977. The van der Waals surface area contributed by atoms with Gasteiger partial charge in [-0.2, -0.15) is 0 Å². The molecule has 0 radical (unpaired) electrons. The zero-order valence-electron chi connectivity index (χ0n) is 9.92. The van der Waals surface area contributed by atoms with E-state index in [-0.39, 0.29) is 5.91 Å². The Morgan fingerprint density at radius 1 is 1.31 bits per heavy atom. The van der Waals surface area contributed by atoms with Gasteiger partial charge in [-0.05, 0) is 32.6 Å². The smallest absolute Gasteiger partial charge is 0.252 e. The number of hydrogen-bond donors (Lipinski definition) is 2. The van der Waals surface area contributed by atoms with Gasteiger partial charge in [0.05, 0.1) is 5.60 Å². The van der Waals surface area contributed by atoms with E-state index in [1.807, 2.05) is 6.92 Å². The summed E-state index contributed by atoms with van der Waals surface area (Å²) in [7, 11) is 0. The van der Waals surface area contributed by atoms with Crippen LogP contribution in [0.4, 0.5) is 0 Å². The van der Waals surface area contributed by atoms with Crippen LogP contribution in [0.25, 0.3) is 0 Å². The Morgan fingerprint density at radius 3 is 2.56 bits per heavy atom. The van der Waals surface area contributed by atoms with Crippen molar-refractivity contribution in [1.82, 2.24) is 5.32 Å². The maximum Gasteiger partial charge on any atom is 0.252 e. The van der Waals surface area contributed by atoms with E-state index in [2.05, 4.69) is 5.32 Å². The highest BCUT2D eigenvalue weighted by Crippen LogP contribution is 2.29. The lowest BCUT2D eigenvalue weighted by Gasteiger charge is -2.27. The molecule has 1 aliphatic heterocycles. The monoisotopic (exact) mass is 227 g/mol. The Bertz CT molecular complexity index is 265. The highest BCUT2D eigenvalue weighted by atomic mass is 16.5. The van der Waals surface area contributed by atoms with Gasteiger partial charge in [-0.25, -0.2) is 0 Å². The molecular weight excluding hydrogens is 206 g/mol. The molecule has 0 bridgehead atoms. The van der Waals surface area contributed by atoms with Crippen molar-refractivity contribution < 1.29 is 14.6 Å². The molecular formula is C12H21NO3. The Morgan fingerprint density at radius 2 is 2.00 bits per heavy atom. The third kappa shape index (κ3) is 2.38. The summed E-state index contributed by atoms with van der Waals surface area (Å²) in [5.41, 5.74) is -1.35. The number of aliphatic hydroxyl groups is 1. The van der Waals surface area contributed by atoms with E-state index in [1.165, 1.54) is 0 Å². The average Bonchev–Trinajstić information content (AvgIpc) is 2.86. The molecule has 2 rings (SSSR count). The fourth-order valence-electron chi connectivity index (χ4n) is 2.60. The van der Waals surface area contributed by atoms with Gasteiger partial charge in [0.1, 0.15) is 5.60 Å². The first-order valence-electron chi connectivity index (χ1n) is 6.19. The number of carbonyl (C=O) groups is 1. The largest absolute Gasteiger partial charge is 0.388 e. The standard InChI is InChI=1S/C12H21NO3/c1-11(5-4-8-16-11)10(14)13-9-12(15)6-2-3-7-12/h15H,2-9H2,1H3,(H,13,14). The third-order valence-corrected chi connectivity index (χ3v) is 3.81. The Hall–Kier alpha value is -0.610. The number of carbonyl (C=O) groups excluding carboxylic acids is 1. The van der Waals surface area contributed by atoms with Gasteiger partial charge in [-0.3, -0.25) is 4.79 Å². The first-order chi connectivity index (χ1) is 7.54. The normalized spacial score (nSPS) is 32.9. The van der Waals surface area contributed by atoms with Gasteiger partial charge in [0.25, 0.3) is 5.91 Å². The van der Waals surface area contributed by atoms with Gasteiger partial charge in [-0.1, -0.05) is 12.8 Å². The maximum absolute atomic E-state index is 11.9. The Kier molecular flexibility index (Phi) is 3.22. The summed E-state index contributed by atoms with van der Waals surface area (Å²) in [4.78, 5) is 11.9. The van der Waals surface area contributed by atoms with E-state index in [4.69, 9.17) is 4.74 Å². The molecule has 92 valence electrons. The van der Waals surface area contributed by atoms with Crippen LogP contribution in [0.5, 0.6) is 0 Å². The summed E-state index contributed by atoms with van der Waals surface area (Å²) in [6, 6.07) is 0. The molecule has 2 N–H and O–H groups in total. The zero-order valence-corrected chi connectivity index (χ0v) is 9.92. The molecule has 0 aromatic carbocycles. The van der Waals surface area contributed by atoms with Gasteiger partial charge in [0, 0.05) is 13.2 Å². The molecule has 1 unspecified atom stereocenters. The fraction of sp³-hybridized carbons (Fsp3) is 0.917. The Balaban J connectivity index is 1.83. The van der Waals surface area contributed by atoms with Crippen molar-refractivity contribution in [1.29, 1.82) is 0 Å². The summed E-state index contributed by atoms with van der Waals surface area (Å²) in [6.45, 7) is 2.85. The van der Waals surface area contributed by atoms with Crippen LogP contribution in [-0.2, 0) is 9.53 Å². The minimum absolute atomic E-state index is 0.0784. The molecule has 4 nitrogen and oxygen atoms in total. The lowest BCUT2D eigenvalue weighted by Crippen LogP contribution is -2.49. The van der Waals surface area contributed by atoms with Crippen LogP contribution in [-0.4, -0.2) is 35.4 Å². The molecule has 0 aromatic rings. The predicted molar refractivity (Wildman–Crippen MR) is 60.0 cm³/mol. The topological polar surface area (TPSA) is 58.6 Å². The molecule has 1 aliphatic carbocycles. The van der Waals surface area contributed by atoms with Gasteiger partial charge < -0.3 is 15.2 Å². The number of amides is 1. The number of nitrogens with one attached hydrogen (secondary N) is 1. The van der Waals surface area contributed by atoms with E-state index in [1.54, 1.807) is 0 Å². The molecule has 1 saturated carbocycles. The first kappa shape index (κ1) is 11.9. The van der Waals surface area contributed by atoms with Gasteiger partial charge in [-0.15, -0.1) is 0 Å². The molecule has 0 spiro atoms. The number of rotatable bonds is 3. The van der Waals surface area contributed by atoms with E-state index in [0.29, 0.717) is 13.2 Å². The van der Waals surface area contributed by atoms with Gasteiger partial charge in [0.2, 0.25) is 0 Å². The molecule has 1 atom stereocenters. The van der Waals surface area contributed by atoms with E-state index in [9.17, 15) is 9.90 Å². The van der Waals surface area contributed by atoms with E-state index in [0.717, 1.165) is 38.5 Å². The SMILES string of the molecule is CC1(C(=O)NCC2(O)CCCC2)CCCO1. The first-order valence-corrected chi connectivity index (χ1v) is 6.19. The quantitative estimate of drug-likeness (QED) is 0.755. The summed E-state index contributed by atoms with van der Waals surface area (Å²) in [6.07, 6.45) is 5.42. The van der Waals surface area contributed by atoms with Crippen molar-refractivity contribution in [3.8, 4) is 0 Å². The second-order valence-electron chi connectivity index (χ2n) is 5.30. The maximum atomic E-state index is 11.9. The van der Waals surface area contributed by atoms with Crippen LogP contribution in [0, 0.1) is 0 Å². The molecule has 1 saturated heterocycles. The van der Waals surface area contributed by atoms with Crippen molar-refractivity contribution in [2.75, 3.05) is 13.2 Å². The molecule has 1 heterocycles. The van der Waals surface area contributed by atoms with Crippen molar-refractivity contribution in [3.05, 3.63) is 0 Å². The highest BCUT2D eigenvalue weighted by molar-refractivity contribution is 5.85. The van der Waals surface area contributed by atoms with Crippen LogP contribution < -0.4 is 5.32 Å². The fourth-order valence-corrected chi connectivity index (χ4v) is 2.60. The minimum atomic E-state index is -0.676. The van der Waals surface area contributed by atoms with E-state index >= 15 is 0 Å². The second kappa shape index (κ2) is 4.34. The summed E-state index contributed by atoms with van der Waals surface area (Å²) in [5, 5.41) is 12.9. The van der Waals surface area contributed by atoms with Crippen LogP contribution in [0.1, 0.15) is 45.4 Å². The van der Waals surface area contributed by atoms with Crippen molar-refractivity contribution >= 4 is 5.91 Å². The second-order valence-corrected chi connectivity index (χ2v) is 5.30. The van der Waals surface area contributed by atoms with Crippen LogP contribution in [0.15, 0.2) is 0 Å². The minimum Gasteiger partial charge on any atom is -0.388 e. The molecule has 2 fully saturated rings. The summed E-state index contributed by atoms with van der Waals surface area (Å²) in [5.74, 6) is -0.0784. The Labute approximate surface area is 96.4 Å². The van der Waals surface area contributed by atoms with Crippen molar-refractivity contribution in [3.63, 3.8) is 0 Å². The van der Waals surface area contributed by atoms with Gasteiger partial charge in [0.15, 0.2) is 0 Å².